The Kier molecular flexibility index (Phi) is 21.4. The molecule has 0 aromatic carbocycles. The van der Waals surface area contributed by atoms with Gasteiger partial charge in [0, 0.05) is 39.3 Å². The maximum Gasteiger partial charge on any atom is 0.0593 e. The summed E-state index contributed by atoms with van der Waals surface area (Å²) in [7, 11) is 0. The Morgan fingerprint density at radius 2 is 1.21 bits per heavy atom. The van der Waals surface area contributed by atoms with Crippen molar-refractivity contribution in [3.05, 3.63) is 0 Å². The number of ether oxygens (including phenoxy) is 1. The lowest BCUT2D eigenvalue weighted by Gasteiger charge is -2.34. The van der Waals surface area contributed by atoms with E-state index in [0.29, 0.717) is 0 Å². The molecule has 1 rings (SSSR count). The average Bonchev–Trinajstić information content (AvgIpc) is 2.50. The largest absolute Gasteiger partial charge is 0.380 e. The first-order valence-electron chi connectivity index (χ1n) is 7.28. The maximum atomic E-state index is 5.50. The van der Waals surface area contributed by atoms with Crippen LogP contribution in [0, 0.1) is 0 Å². The summed E-state index contributed by atoms with van der Waals surface area (Å²) < 4.78 is 5.50. The van der Waals surface area contributed by atoms with Crippen molar-refractivity contribution < 1.29 is 4.74 Å². The molecule has 3 nitrogen and oxygen atoms in total. The van der Waals surface area contributed by atoms with Crippen molar-refractivity contribution in [3.63, 3.8) is 0 Å². The van der Waals surface area contributed by atoms with Crippen LogP contribution in [-0.4, -0.2) is 74.8 Å². The van der Waals surface area contributed by atoms with Crippen LogP contribution in [0.15, 0.2) is 0 Å². The highest BCUT2D eigenvalue weighted by Crippen LogP contribution is 2.01. The predicted molar refractivity (Wildman–Crippen MR) is 94.1 cm³/mol. The molecule has 1 heterocycles. The molecular formula is C14H34N2OS2. The number of piperazine rings is 1. The van der Waals surface area contributed by atoms with Crippen molar-refractivity contribution in [3.8, 4) is 0 Å². The second-order valence-electron chi connectivity index (χ2n) is 4.30. The highest BCUT2D eigenvalue weighted by Gasteiger charge is 2.15. The third kappa shape index (κ3) is 13.3. The highest BCUT2D eigenvalue weighted by molar-refractivity contribution is 7.79. The van der Waals surface area contributed by atoms with E-state index < -0.39 is 0 Å². The lowest BCUT2D eigenvalue weighted by Crippen LogP contribution is -2.47. The molecule has 0 spiro atoms. The van der Waals surface area contributed by atoms with Crippen molar-refractivity contribution in [1.29, 1.82) is 0 Å². The van der Waals surface area contributed by atoms with Crippen molar-refractivity contribution >= 4 is 25.3 Å². The predicted octanol–water partition coefficient (Wildman–Crippen LogP) is 2.53. The van der Waals surface area contributed by atoms with Gasteiger partial charge < -0.3 is 9.64 Å². The van der Waals surface area contributed by atoms with Crippen molar-refractivity contribution in [2.24, 2.45) is 0 Å². The molecule has 0 saturated carbocycles. The number of hydrogen-bond donors (Lipinski definition) is 2. The number of nitrogens with zero attached hydrogens (tertiary/aromatic N) is 2. The molecule has 0 amide bonds. The summed E-state index contributed by atoms with van der Waals surface area (Å²) in [4.78, 5) is 5.07. The molecule has 1 aliphatic heterocycles. The molecule has 0 bridgehead atoms. The van der Waals surface area contributed by atoms with Crippen LogP contribution in [0.1, 0.15) is 26.7 Å². The normalized spacial score (nSPS) is 16.1. The monoisotopic (exact) mass is 310 g/mol. The van der Waals surface area contributed by atoms with Gasteiger partial charge in [0.05, 0.1) is 6.61 Å². The van der Waals surface area contributed by atoms with E-state index in [1.807, 2.05) is 0 Å². The molecule has 0 aromatic heterocycles. The summed E-state index contributed by atoms with van der Waals surface area (Å²) >= 11 is 7.06. The van der Waals surface area contributed by atoms with E-state index in [-0.39, 0.29) is 0 Å². The van der Waals surface area contributed by atoms with Crippen LogP contribution in [0.2, 0.25) is 0 Å². The molecule has 118 valence electrons. The zero-order chi connectivity index (χ0) is 14.9. The van der Waals surface area contributed by atoms with E-state index in [9.17, 15) is 0 Å². The Morgan fingerprint density at radius 3 is 1.63 bits per heavy atom. The van der Waals surface area contributed by atoms with Crippen LogP contribution < -0.4 is 0 Å². The summed E-state index contributed by atoms with van der Waals surface area (Å²) in [5.41, 5.74) is 0. The van der Waals surface area contributed by atoms with Gasteiger partial charge in [0.1, 0.15) is 0 Å². The second-order valence-corrected chi connectivity index (χ2v) is 4.30. The van der Waals surface area contributed by atoms with Gasteiger partial charge in [-0.25, -0.2) is 0 Å². The van der Waals surface area contributed by atoms with E-state index >= 15 is 0 Å². The molecule has 5 heteroatoms. The van der Waals surface area contributed by atoms with Crippen LogP contribution in [0.3, 0.4) is 0 Å². The minimum Gasteiger partial charge on any atom is -0.380 e. The Hall–Kier alpha value is 0.580. The second kappa shape index (κ2) is 18.6. The number of thiol groups is 2. The first-order valence-corrected chi connectivity index (χ1v) is 9.07. The van der Waals surface area contributed by atoms with Gasteiger partial charge in [-0.2, -0.15) is 25.3 Å². The lowest BCUT2D eigenvalue weighted by molar-refractivity contribution is 0.0759. The van der Waals surface area contributed by atoms with Crippen LogP contribution in [0.25, 0.3) is 0 Å². The average molecular weight is 311 g/mol. The maximum absolute atomic E-state index is 5.50. The first-order chi connectivity index (χ1) is 9.36. The quantitative estimate of drug-likeness (QED) is 0.555. The minimum atomic E-state index is 0.904. The van der Waals surface area contributed by atoms with Gasteiger partial charge >= 0.3 is 0 Å². The number of hydrogen-bond acceptors (Lipinski definition) is 5. The standard InChI is InChI=1S/C12H26N2O.2CH4S/c1-3-5-13-6-8-14(9-7-13)10-12-15-11-4-2;2*1-2/h3-12H2,1-2H3;2*2H,1H3. The van der Waals surface area contributed by atoms with E-state index in [2.05, 4.69) is 48.9 Å². The SMILES string of the molecule is CCCOCCN1CCN(CCC)CC1.CS.CS. The van der Waals surface area contributed by atoms with E-state index in [1.54, 1.807) is 12.5 Å². The minimum absolute atomic E-state index is 0.904. The van der Waals surface area contributed by atoms with Gasteiger partial charge in [0.2, 0.25) is 0 Å². The summed E-state index contributed by atoms with van der Waals surface area (Å²) in [6.07, 6.45) is 5.80. The smallest absolute Gasteiger partial charge is 0.0593 e. The van der Waals surface area contributed by atoms with Crippen molar-refractivity contribution in [2.75, 3.05) is 65.0 Å². The van der Waals surface area contributed by atoms with E-state index in [4.69, 9.17) is 4.74 Å². The van der Waals surface area contributed by atoms with Crippen LogP contribution in [0.4, 0.5) is 0 Å². The van der Waals surface area contributed by atoms with E-state index in [0.717, 1.165) is 26.2 Å². The molecule has 19 heavy (non-hydrogen) atoms. The summed E-state index contributed by atoms with van der Waals surface area (Å²) in [5.74, 6) is 0. The van der Waals surface area contributed by atoms with Crippen molar-refractivity contribution in [1.82, 2.24) is 9.80 Å². The molecule has 1 aliphatic rings. The summed E-state index contributed by atoms with van der Waals surface area (Å²) in [6.45, 7) is 13.5. The lowest BCUT2D eigenvalue weighted by atomic mass is 10.3. The zero-order valence-corrected chi connectivity index (χ0v) is 15.1. The molecule has 0 unspecified atom stereocenters. The Morgan fingerprint density at radius 1 is 0.737 bits per heavy atom. The third-order valence-corrected chi connectivity index (χ3v) is 2.91. The van der Waals surface area contributed by atoms with Crippen molar-refractivity contribution in [2.45, 2.75) is 26.7 Å². The Bertz CT molecular complexity index is 152. The van der Waals surface area contributed by atoms with Gasteiger partial charge in [-0.1, -0.05) is 13.8 Å². The van der Waals surface area contributed by atoms with Gasteiger partial charge in [-0.3, -0.25) is 4.90 Å². The zero-order valence-electron chi connectivity index (χ0n) is 13.3. The van der Waals surface area contributed by atoms with Gasteiger partial charge in [-0.15, -0.1) is 0 Å². The molecule has 0 aliphatic carbocycles. The first kappa shape index (κ1) is 21.9. The fraction of sp³-hybridized carbons (Fsp3) is 1.00. The molecule has 1 saturated heterocycles. The van der Waals surface area contributed by atoms with E-state index in [1.165, 1.54) is 39.1 Å². The fourth-order valence-corrected chi connectivity index (χ4v) is 1.99. The van der Waals surface area contributed by atoms with Crippen LogP contribution in [-0.2, 0) is 4.74 Å². The summed E-state index contributed by atoms with van der Waals surface area (Å²) in [5, 5.41) is 0. The Balaban J connectivity index is 0. The van der Waals surface area contributed by atoms with Crippen LogP contribution in [0.5, 0.6) is 0 Å². The molecule has 1 fully saturated rings. The number of rotatable bonds is 7. The molecule has 0 N–H and O–H groups in total. The third-order valence-electron chi connectivity index (χ3n) is 2.91. The highest BCUT2D eigenvalue weighted by atomic mass is 32.1. The fourth-order valence-electron chi connectivity index (χ4n) is 1.99. The molecular weight excluding hydrogens is 276 g/mol. The van der Waals surface area contributed by atoms with Gasteiger partial charge in [-0.05, 0) is 31.9 Å². The molecule has 0 atom stereocenters. The molecule has 0 radical (unpaired) electrons. The topological polar surface area (TPSA) is 15.7 Å². The molecule has 0 aromatic rings. The van der Waals surface area contributed by atoms with Gasteiger partial charge in [0.15, 0.2) is 0 Å². The van der Waals surface area contributed by atoms with Gasteiger partial charge in [0.25, 0.3) is 0 Å². The summed E-state index contributed by atoms with van der Waals surface area (Å²) in [6, 6.07) is 0. The Labute approximate surface area is 131 Å². The van der Waals surface area contributed by atoms with Crippen LogP contribution >= 0.6 is 25.3 Å².